The van der Waals surface area contributed by atoms with Crippen LogP contribution in [0.15, 0.2) is 41.3 Å². The van der Waals surface area contributed by atoms with Gasteiger partial charge < -0.3 is 5.32 Å². The minimum atomic E-state index is -0.650. The Labute approximate surface area is 195 Å². The second-order valence-electron chi connectivity index (χ2n) is 6.53. The lowest BCUT2D eigenvalue weighted by Gasteiger charge is -2.13. The maximum atomic E-state index is 13.8. The fourth-order valence-corrected chi connectivity index (χ4v) is 4.12. The molecule has 0 aromatic heterocycles. The van der Waals surface area contributed by atoms with E-state index in [0.717, 1.165) is 4.90 Å². The molecule has 0 unspecified atom stereocenters. The molecule has 2 aromatic carbocycles. The molecule has 1 heterocycles. The van der Waals surface area contributed by atoms with Crippen LogP contribution in [0.2, 0.25) is 10.0 Å². The molecule has 1 aliphatic rings. The molecule has 0 saturated carbocycles. The van der Waals surface area contributed by atoms with Gasteiger partial charge in [0.25, 0.3) is 16.8 Å². The lowest BCUT2D eigenvalue weighted by atomic mass is 10.1. The van der Waals surface area contributed by atoms with E-state index in [1.165, 1.54) is 42.5 Å². The molecule has 32 heavy (non-hydrogen) atoms. The summed E-state index contributed by atoms with van der Waals surface area (Å²) in [5.74, 6) is -1.72. The number of hydrogen-bond donors (Lipinski definition) is 1. The van der Waals surface area contributed by atoms with Crippen molar-refractivity contribution in [3.8, 4) is 0 Å². The third-order valence-electron chi connectivity index (χ3n) is 4.39. The monoisotopic (exact) mass is 497 g/mol. The number of thioether (sulfide) groups is 1. The molecule has 0 spiro atoms. The Balaban J connectivity index is 1.61. The van der Waals surface area contributed by atoms with Gasteiger partial charge in [-0.1, -0.05) is 35.3 Å². The van der Waals surface area contributed by atoms with Crippen molar-refractivity contribution in [3.05, 3.63) is 78.4 Å². The van der Waals surface area contributed by atoms with Crippen molar-refractivity contribution in [2.45, 2.75) is 6.42 Å². The number of hydrogen-bond acceptors (Lipinski definition) is 6. The fraction of sp³-hybridized carbons (Fsp3) is 0.150. The number of nitrogens with zero attached hydrogens (tertiary/aromatic N) is 2. The second-order valence-corrected chi connectivity index (χ2v) is 8.34. The summed E-state index contributed by atoms with van der Waals surface area (Å²) < 4.78 is 13.8. The predicted molar refractivity (Wildman–Crippen MR) is 119 cm³/mol. The molecule has 0 aliphatic carbocycles. The van der Waals surface area contributed by atoms with Crippen molar-refractivity contribution in [2.75, 3.05) is 13.1 Å². The highest BCUT2D eigenvalue weighted by Crippen LogP contribution is 2.33. The zero-order valence-electron chi connectivity index (χ0n) is 16.1. The molecular formula is C20H14Cl2FN3O5S. The number of halogens is 3. The molecule has 1 fully saturated rings. The number of carbonyl (C=O) groups excluding carboxylic acids is 3. The molecular weight excluding hydrogens is 484 g/mol. The Morgan fingerprint density at radius 1 is 1.22 bits per heavy atom. The van der Waals surface area contributed by atoms with E-state index in [1.807, 2.05) is 0 Å². The van der Waals surface area contributed by atoms with Crippen LogP contribution in [0.4, 0.5) is 14.9 Å². The van der Waals surface area contributed by atoms with Crippen molar-refractivity contribution in [2.24, 2.45) is 0 Å². The second kappa shape index (κ2) is 10.1. The zero-order valence-corrected chi connectivity index (χ0v) is 18.5. The summed E-state index contributed by atoms with van der Waals surface area (Å²) in [6.07, 6.45) is 1.07. The standard InChI is InChI=1S/C20H14Cl2FN3O5S/c21-13-2-1-3-15(23)12(13)10-18(27)24-6-7-25-19(28)17(32-20(25)29)9-11-4-5-14(22)16(8-11)26(30)31/h1-5,8-9H,6-7,10H2,(H,24,27)/b17-9-. The average molecular weight is 498 g/mol. The molecule has 0 atom stereocenters. The minimum absolute atomic E-state index is 0.0390. The van der Waals surface area contributed by atoms with Gasteiger partial charge >= 0.3 is 0 Å². The number of benzene rings is 2. The Morgan fingerprint density at radius 3 is 2.66 bits per heavy atom. The molecule has 2 aromatic rings. The van der Waals surface area contributed by atoms with Crippen molar-refractivity contribution in [1.82, 2.24) is 10.2 Å². The van der Waals surface area contributed by atoms with Gasteiger partial charge in [-0.15, -0.1) is 0 Å². The van der Waals surface area contributed by atoms with E-state index < -0.39 is 27.8 Å². The van der Waals surface area contributed by atoms with Crippen LogP contribution < -0.4 is 5.32 Å². The van der Waals surface area contributed by atoms with Gasteiger partial charge in [0, 0.05) is 29.7 Å². The number of amides is 3. The zero-order chi connectivity index (χ0) is 23.4. The number of nitro groups is 1. The number of nitro benzene ring substituents is 1. The van der Waals surface area contributed by atoms with E-state index in [2.05, 4.69) is 5.32 Å². The van der Waals surface area contributed by atoms with Crippen LogP contribution in [-0.4, -0.2) is 40.0 Å². The van der Waals surface area contributed by atoms with Crippen molar-refractivity contribution < 1.29 is 23.7 Å². The molecule has 3 amide bonds. The molecule has 3 rings (SSSR count). The molecule has 166 valence electrons. The highest BCUT2D eigenvalue weighted by Gasteiger charge is 2.34. The highest BCUT2D eigenvalue weighted by atomic mass is 35.5. The number of rotatable bonds is 7. The van der Waals surface area contributed by atoms with Gasteiger partial charge in [0.2, 0.25) is 5.91 Å². The van der Waals surface area contributed by atoms with Gasteiger partial charge in [-0.25, -0.2) is 4.39 Å². The molecule has 12 heteroatoms. The maximum absolute atomic E-state index is 13.8. The topological polar surface area (TPSA) is 110 Å². The van der Waals surface area contributed by atoms with Gasteiger partial charge in [-0.2, -0.15) is 0 Å². The summed E-state index contributed by atoms with van der Waals surface area (Å²) in [7, 11) is 0. The maximum Gasteiger partial charge on any atom is 0.293 e. The van der Waals surface area contributed by atoms with Crippen LogP contribution in [0.3, 0.4) is 0 Å². The van der Waals surface area contributed by atoms with Gasteiger partial charge in [-0.05, 0) is 41.6 Å². The van der Waals surface area contributed by atoms with Gasteiger partial charge in [-0.3, -0.25) is 29.4 Å². The third kappa shape index (κ3) is 5.45. The van der Waals surface area contributed by atoms with Gasteiger partial charge in [0.15, 0.2) is 0 Å². The van der Waals surface area contributed by atoms with Gasteiger partial charge in [0.1, 0.15) is 10.8 Å². The van der Waals surface area contributed by atoms with Crippen LogP contribution >= 0.6 is 35.0 Å². The van der Waals surface area contributed by atoms with Crippen molar-refractivity contribution >= 4 is 63.8 Å². The highest BCUT2D eigenvalue weighted by molar-refractivity contribution is 8.18. The minimum Gasteiger partial charge on any atom is -0.354 e. The summed E-state index contributed by atoms with van der Waals surface area (Å²) >= 11 is 12.3. The number of carbonyl (C=O) groups is 3. The van der Waals surface area contributed by atoms with E-state index in [1.54, 1.807) is 0 Å². The van der Waals surface area contributed by atoms with Crippen molar-refractivity contribution in [1.29, 1.82) is 0 Å². The lowest BCUT2D eigenvalue weighted by molar-refractivity contribution is -0.384. The predicted octanol–water partition coefficient (Wildman–Crippen LogP) is 4.44. The van der Waals surface area contributed by atoms with Crippen LogP contribution in [0, 0.1) is 15.9 Å². The summed E-state index contributed by atoms with van der Waals surface area (Å²) in [6.45, 7) is -0.137. The van der Waals surface area contributed by atoms with Crippen LogP contribution in [0.25, 0.3) is 6.08 Å². The summed E-state index contributed by atoms with van der Waals surface area (Å²) in [5.41, 5.74) is 0.0665. The number of imide groups is 1. The van der Waals surface area contributed by atoms with Crippen LogP contribution in [-0.2, 0) is 16.0 Å². The fourth-order valence-electron chi connectivity index (χ4n) is 2.83. The van der Waals surface area contributed by atoms with E-state index >= 15 is 0 Å². The largest absolute Gasteiger partial charge is 0.354 e. The van der Waals surface area contributed by atoms with E-state index in [4.69, 9.17) is 23.2 Å². The third-order valence-corrected chi connectivity index (χ3v) is 5.98. The quantitative estimate of drug-likeness (QED) is 0.344. The molecule has 1 saturated heterocycles. The summed E-state index contributed by atoms with van der Waals surface area (Å²) in [4.78, 5) is 48.2. The first-order chi connectivity index (χ1) is 15.2. The van der Waals surface area contributed by atoms with E-state index in [9.17, 15) is 28.9 Å². The Bertz CT molecular complexity index is 1140. The Morgan fingerprint density at radius 2 is 1.97 bits per heavy atom. The van der Waals surface area contributed by atoms with Crippen LogP contribution in [0.1, 0.15) is 11.1 Å². The Kier molecular flexibility index (Phi) is 7.49. The SMILES string of the molecule is O=C(Cc1c(F)cccc1Cl)NCCN1C(=O)S/C(=C\c2ccc(Cl)c([N+](=O)[O-])c2)C1=O. The van der Waals surface area contributed by atoms with Gasteiger partial charge in [0.05, 0.1) is 16.2 Å². The molecule has 1 aliphatic heterocycles. The van der Waals surface area contributed by atoms with Crippen LogP contribution in [0.5, 0.6) is 0 Å². The summed E-state index contributed by atoms with van der Waals surface area (Å²) in [6, 6.07) is 8.09. The molecule has 8 nitrogen and oxygen atoms in total. The smallest absolute Gasteiger partial charge is 0.293 e. The average Bonchev–Trinajstić information content (AvgIpc) is 2.99. The first kappa shape index (κ1) is 23.7. The molecule has 1 N–H and O–H groups in total. The Hall–Kier alpha value is -2.95. The molecule has 0 radical (unpaired) electrons. The van der Waals surface area contributed by atoms with E-state index in [-0.39, 0.29) is 45.7 Å². The van der Waals surface area contributed by atoms with E-state index in [0.29, 0.717) is 17.3 Å². The lowest BCUT2D eigenvalue weighted by Crippen LogP contribution is -2.37. The van der Waals surface area contributed by atoms with Crippen molar-refractivity contribution in [3.63, 3.8) is 0 Å². The normalized spacial score (nSPS) is 14.8. The summed E-state index contributed by atoms with van der Waals surface area (Å²) in [5, 5.41) is 13.1. The first-order valence-corrected chi connectivity index (χ1v) is 10.6. The molecule has 0 bridgehead atoms. The number of nitrogens with one attached hydrogen (secondary N) is 1. The first-order valence-electron chi connectivity index (χ1n) is 9.06.